The van der Waals surface area contributed by atoms with Gasteiger partial charge in [0.1, 0.15) is 5.01 Å². The van der Waals surface area contributed by atoms with Crippen LogP contribution in [0.1, 0.15) is 24.4 Å². The molecule has 13 heavy (non-hydrogen) atoms. The van der Waals surface area contributed by atoms with Gasteiger partial charge in [-0.3, -0.25) is 4.79 Å². The Balaban J connectivity index is 2.42. The van der Waals surface area contributed by atoms with Gasteiger partial charge in [-0.25, -0.2) is 4.98 Å². The Morgan fingerprint density at radius 1 is 1.85 bits per heavy atom. The minimum atomic E-state index is 0.0200. The minimum absolute atomic E-state index is 0.0200. The molecule has 0 fully saturated rings. The molecule has 1 atom stereocenters. The number of carbonyl (C=O) groups is 1. The summed E-state index contributed by atoms with van der Waals surface area (Å²) >= 11 is 4.77. The zero-order valence-corrected chi connectivity index (χ0v) is 9.69. The number of hydrogen-bond donors (Lipinski definition) is 1. The molecule has 1 heterocycles. The van der Waals surface area contributed by atoms with Gasteiger partial charge in [0, 0.05) is 23.3 Å². The molecule has 0 aliphatic rings. The molecule has 1 aromatic rings. The van der Waals surface area contributed by atoms with Crippen LogP contribution in [-0.2, 0) is 4.79 Å². The van der Waals surface area contributed by atoms with E-state index in [0.29, 0.717) is 11.8 Å². The number of amides is 1. The molecule has 0 radical (unpaired) electrons. The summed E-state index contributed by atoms with van der Waals surface area (Å²) in [6, 6.07) is 0.0200. The average molecular weight is 263 g/mol. The largest absolute Gasteiger partial charge is 0.347 e. The van der Waals surface area contributed by atoms with Crippen molar-refractivity contribution in [2.75, 3.05) is 5.33 Å². The number of aromatic nitrogens is 1. The second kappa shape index (κ2) is 5.34. The zero-order chi connectivity index (χ0) is 9.68. The van der Waals surface area contributed by atoms with E-state index in [1.54, 1.807) is 17.5 Å². The highest BCUT2D eigenvalue weighted by molar-refractivity contribution is 9.09. The van der Waals surface area contributed by atoms with Crippen LogP contribution >= 0.6 is 27.3 Å². The molecule has 0 saturated heterocycles. The van der Waals surface area contributed by atoms with Crippen LogP contribution in [-0.4, -0.2) is 16.2 Å². The van der Waals surface area contributed by atoms with E-state index >= 15 is 0 Å². The number of thiazole rings is 1. The van der Waals surface area contributed by atoms with Gasteiger partial charge in [-0.1, -0.05) is 15.9 Å². The molecular weight excluding hydrogens is 252 g/mol. The van der Waals surface area contributed by atoms with Crippen molar-refractivity contribution < 1.29 is 4.79 Å². The number of halogens is 1. The molecule has 0 aliphatic heterocycles. The lowest BCUT2D eigenvalue weighted by molar-refractivity contribution is -0.121. The first kappa shape index (κ1) is 10.7. The molecule has 3 nitrogen and oxygen atoms in total. The highest BCUT2D eigenvalue weighted by Crippen LogP contribution is 2.14. The number of hydrogen-bond acceptors (Lipinski definition) is 3. The van der Waals surface area contributed by atoms with Gasteiger partial charge in [0.15, 0.2) is 0 Å². The van der Waals surface area contributed by atoms with Crippen molar-refractivity contribution in [3.8, 4) is 0 Å². The van der Waals surface area contributed by atoms with Crippen molar-refractivity contribution in [2.45, 2.75) is 19.4 Å². The average Bonchev–Trinajstić information content (AvgIpc) is 2.55. The third-order valence-electron chi connectivity index (χ3n) is 1.52. The molecule has 0 saturated carbocycles. The monoisotopic (exact) mass is 262 g/mol. The number of carbonyl (C=O) groups excluding carboxylic acids is 1. The van der Waals surface area contributed by atoms with Gasteiger partial charge in [-0.05, 0) is 6.92 Å². The molecule has 1 rings (SSSR count). The Morgan fingerprint density at radius 2 is 2.62 bits per heavy atom. The fourth-order valence-corrected chi connectivity index (χ4v) is 1.92. The topological polar surface area (TPSA) is 42.0 Å². The van der Waals surface area contributed by atoms with Crippen LogP contribution in [0.5, 0.6) is 0 Å². The van der Waals surface area contributed by atoms with E-state index in [4.69, 9.17) is 0 Å². The first-order valence-electron chi connectivity index (χ1n) is 3.98. The first-order chi connectivity index (χ1) is 6.24. The summed E-state index contributed by atoms with van der Waals surface area (Å²) < 4.78 is 0. The quantitative estimate of drug-likeness (QED) is 0.845. The molecular formula is C8H11BrN2OS. The van der Waals surface area contributed by atoms with Gasteiger partial charge in [0.2, 0.25) is 5.91 Å². The highest BCUT2D eigenvalue weighted by Gasteiger charge is 2.10. The molecule has 1 aromatic heterocycles. The lowest BCUT2D eigenvalue weighted by Crippen LogP contribution is -2.26. The second-order valence-electron chi connectivity index (χ2n) is 2.60. The van der Waals surface area contributed by atoms with E-state index < -0.39 is 0 Å². The van der Waals surface area contributed by atoms with E-state index in [9.17, 15) is 4.79 Å². The Kier molecular flexibility index (Phi) is 4.38. The van der Waals surface area contributed by atoms with Gasteiger partial charge < -0.3 is 5.32 Å². The third-order valence-corrected chi connectivity index (χ3v) is 2.88. The van der Waals surface area contributed by atoms with Gasteiger partial charge >= 0.3 is 0 Å². The van der Waals surface area contributed by atoms with Gasteiger partial charge in [0.25, 0.3) is 0 Å². The number of nitrogens with zero attached hydrogens (tertiary/aromatic N) is 1. The summed E-state index contributed by atoms with van der Waals surface area (Å²) in [7, 11) is 0. The van der Waals surface area contributed by atoms with Crippen LogP contribution in [0.2, 0.25) is 0 Å². The Labute approximate surface area is 89.7 Å². The fourth-order valence-electron chi connectivity index (χ4n) is 0.910. The van der Waals surface area contributed by atoms with Crippen molar-refractivity contribution in [1.29, 1.82) is 0 Å². The van der Waals surface area contributed by atoms with Crippen LogP contribution in [0.4, 0.5) is 0 Å². The van der Waals surface area contributed by atoms with Crippen LogP contribution in [0.25, 0.3) is 0 Å². The molecule has 1 N–H and O–H groups in total. The van der Waals surface area contributed by atoms with Crippen molar-refractivity contribution >= 4 is 33.2 Å². The van der Waals surface area contributed by atoms with E-state index in [1.165, 1.54) is 0 Å². The zero-order valence-electron chi connectivity index (χ0n) is 7.29. The maximum Gasteiger partial charge on any atom is 0.221 e. The number of alkyl halides is 1. The standard InChI is InChI=1S/C8H11BrN2OS/c1-6(8-10-4-5-13-8)11-7(12)2-3-9/h4-6H,2-3H2,1H3,(H,11,12). The van der Waals surface area contributed by atoms with Crippen LogP contribution < -0.4 is 5.32 Å². The summed E-state index contributed by atoms with van der Waals surface area (Å²) in [4.78, 5) is 15.3. The molecule has 5 heteroatoms. The lowest BCUT2D eigenvalue weighted by Gasteiger charge is -2.09. The summed E-state index contributed by atoms with van der Waals surface area (Å²) in [6.45, 7) is 1.94. The molecule has 0 aliphatic carbocycles. The van der Waals surface area contributed by atoms with Crippen molar-refractivity contribution in [3.05, 3.63) is 16.6 Å². The molecule has 1 amide bonds. The highest BCUT2D eigenvalue weighted by atomic mass is 79.9. The predicted molar refractivity (Wildman–Crippen MR) is 57.1 cm³/mol. The maximum absolute atomic E-state index is 11.2. The smallest absolute Gasteiger partial charge is 0.221 e. The molecule has 0 aromatic carbocycles. The Hall–Kier alpha value is -0.420. The summed E-state index contributed by atoms with van der Waals surface area (Å²) in [5, 5.41) is 6.41. The van der Waals surface area contributed by atoms with E-state index in [0.717, 1.165) is 5.01 Å². The SMILES string of the molecule is CC(NC(=O)CCBr)c1nccs1. The molecule has 0 bridgehead atoms. The summed E-state index contributed by atoms with van der Waals surface area (Å²) in [5.74, 6) is 0.0552. The Morgan fingerprint density at radius 3 is 3.15 bits per heavy atom. The van der Waals surface area contributed by atoms with Crippen LogP contribution in [0.3, 0.4) is 0 Å². The maximum atomic E-state index is 11.2. The van der Waals surface area contributed by atoms with E-state index in [1.807, 2.05) is 12.3 Å². The first-order valence-corrected chi connectivity index (χ1v) is 5.99. The van der Waals surface area contributed by atoms with Crippen molar-refractivity contribution in [2.24, 2.45) is 0 Å². The Bertz CT molecular complexity index is 263. The van der Waals surface area contributed by atoms with E-state index in [2.05, 4.69) is 26.2 Å². The summed E-state index contributed by atoms with van der Waals surface area (Å²) in [5.41, 5.74) is 0. The minimum Gasteiger partial charge on any atom is -0.347 e. The molecule has 0 spiro atoms. The van der Waals surface area contributed by atoms with Gasteiger partial charge in [-0.15, -0.1) is 11.3 Å². The van der Waals surface area contributed by atoms with Gasteiger partial charge in [-0.2, -0.15) is 0 Å². The fraction of sp³-hybridized carbons (Fsp3) is 0.500. The van der Waals surface area contributed by atoms with Crippen molar-refractivity contribution in [1.82, 2.24) is 10.3 Å². The summed E-state index contributed by atoms with van der Waals surface area (Å²) in [6.07, 6.45) is 2.25. The second-order valence-corrected chi connectivity index (χ2v) is 4.32. The van der Waals surface area contributed by atoms with Crippen molar-refractivity contribution in [3.63, 3.8) is 0 Å². The molecule has 72 valence electrons. The lowest BCUT2D eigenvalue weighted by atomic mass is 10.3. The number of rotatable bonds is 4. The van der Waals surface area contributed by atoms with Crippen LogP contribution in [0.15, 0.2) is 11.6 Å². The molecule has 1 unspecified atom stereocenters. The van der Waals surface area contributed by atoms with Gasteiger partial charge in [0.05, 0.1) is 6.04 Å². The third kappa shape index (κ3) is 3.44. The number of nitrogens with one attached hydrogen (secondary N) is 1. The normalized spacial score (nSPS) is 12.5. The van der Waals surface area contributed by atoms with Crippen LogP contribution in [0, 0.1) is 0 Å². The van der Waals surface area contributed by atoms with E-state index in [-0.39, 0.29) is 11.9 Å². The predicted octanol–water partition coefficient (Wildman–Crippen LogP) is 2.11.